The monoisotopic (exact) mass is 285 g/mol. The number of carbonyl (C=O) groups is 2. The lowest BCUT2D eigenvalue weighted by molar-refractivity contribution is -0.118. The number of ether oxygens (including phenoxy) is 1. The maximum absolute atomic E-state index is 12.3. The lowest BCUT2D eigenvalue weighted by Gasteiger charge is -2.24. The first kappa shape index (κ1) is 13.2. The highest BCUT2D eigenvalue weighted by atomic mass is 16.5. The van der Waals surface area contributed by atoms with Gasteiger partial charge in [-0.15, -0.1) is 0 Å². The molecule has 1 atom stereocenters. The number of benzene rings is 1. The van der Waals surface area contributed by atoms with Crippen molar-refractivity contribution in [1.82, 2.24) is 9.88 Å². The molecular weight excluding hydrogens is 270 g/mol. The molecule has 2 N–H and O–H groups in total. The molecule has 2 heterocycles. The number of nitrogens with zero attached hydrogens (tertiary/aromatic N) is 1. The summed E-state index contributed by atoms with van der Waals surface area (Å²) in [6, 6.07) is 10.0. The van der Waals surface area contributed by atoms with Crippen molar-refractivity contribution in [2.75, 3.05) is 12.4 Å². The van der Waals surface area contributed by atoms with Crippen LogP contribution in [0.3, 0.4) is 0 Å². The van der Waals surface area contributed by atoms with E-state index in [-0.39, 0.29) is 11.8 Å². The number of hydrogen-bond donors (Lipinski definition) is 2. The van der Waals surface area contributed by atoms with Gasteiger partial charge in [-0.3, -0.25) is 9.59 Å². The van der Waals surface area contributed by atoms with Crippen LogP contribution in [-0.4, -0.2) is 29.5 Å². The summed E-state index contributed by atoms with van der Waals surface area (Å²) in [5.41, 5.74) is 1.20. The number of anilines is 1. The van der Waals surface area contributed by atoms with Crippen LogP contribution in [0.15, 0.2) is 42.6 Å². The largest absolute Gasteiger partial charge is 0.497 e. The zero-order chi connectivity index (χ0) is 14.8. The minimum Gasteiger partial charge on any atom is -0.497 e. The van der Waals surface area contributed by atoms with E-state index >= 15 is 0 Å². The molecule has 6 heteroatoms. The van der Waals surface area contributed by atoms with Crippen LogP contribution in [0.25, 0.3) is 0 Å². The molecule has 0 saturated heterocycles. The fraction of sp³-hybridized carbons (Fsp3) is 0.200. The zero-order valence-electron chi connectivity index (χ0n) is 11.5. The van der Waals surface area contributed by atoms with Gasteiger partial charge in [0.25, 0.3) is 5.91 Å². The van der Waals surface area contributed by atoms with Crippen molar-refractivity contribution in [1.29, 1.82) is 0 Å². The highest BCUT2D eigenvalue weighted by Gasteiger charge is 2.28. The predicted molar refractivity (Wildman–Crippen MR) is 77.3 cm³/mol. The van der Waals surface area contributed by atoms with Gasteiger partial charge in [-0.2, -0.15) is 0 Å². The number of hydrogen-bond acceptors (Lipinski definition) is 3. The molecule has 108 valence electrons. The number of amides is 2. The Hall–Kier alpha value is -2.76. The SMILES string of the molecule is COc1cccc(NC(=O)C2Cn3cccc3C(=O)N2)c1. The van der Waals surface area contributed by atoms with E-state index in [1.54, 1.807) is 54.3 Å². The van der Waals surface area contributed by atoms with Gasteiger partial charge in [0.1, 0.15) is 17.5 Å². The average Bonchev–Trinajstić information content (AvgIpc) is 2.96. The molecule has 0 radical (unpaired) electrons. The maximum atomic E-state index is 12.3. The fourth-order valence-corrected chi connectivity index (χ4v) is 2.33. The molecule has 0 bridgehead atoms. The third-order valence-corrected chi connectivity index (χ3v) is 3.40. The Labute approximate surface area is 121 Å². The first-order valence-electron chi connectivity index (χ1n) is 6.58. The molecule has 2 amide bonds. The molecule has 1 aromatic heterocycles. The topological polar surface area (TPSA) is 72.4 Å². The van der Waals surface area contributed by atoms with Gasteiger partial charge in [-0.25, -0.2) is 0 Å². The van der Waals surface area contributed by atoms with Crippen LogP contribution in [0, 0.1) is 0 Å². The quantitative estimate of drug-likeness (QED) is 0.891. The molecule has 0 saturated carbocycles. The van der Waals surface area contributed by atoms with Crippen molar-refractivity contribution in [2.24, 2.45) is 0 Å². The predicted octanol–water partition coefficient (Wildman–Crippen LogP) is 1.25. The van der Waals surface area contributed by atoms with Gasteiger partial charge < -0.3 is 19.9 Å². The van der Waals surface area contributed by atoms with Crippen molar-refractivity contribution in [3.05, 3.63) is 48.3 Å². The molecule has 6 nitrogen and oxygen atoms in total. The van der Waals surface area contributed by atoms with Crippen LogP contribution in [0.1, 0.15) is 10.5 Å². The van der Waals surface area contributed by atoms with Crippen LogP contribution < -0.4 is 15.4 Å². The van der Waals surface area contributed by atoms with Gasteiger partial charge in [-0.05, 0) is 24.3 Å². The summed E-state index contributed by atoms with van der Waals surface area (Å²) >= 11 is 0. The van der Waals surface area contributed by atoms with Crippen LogP contribution >= 0.6 is 0 Å². The number of nitrogens with one attached hydrogen (secondary N) is 2. The number of methoxy groups -OCH3 is 1. The number of aromatic nitrogens is 1. The van der Waals surface area contributed by atoms with Crippen LogP contribution in [-0.2, 0) is 11.3 Å². The molecule has 1 aliphatic heterocycles. The van der Waals surface area contributed by atoms with Crippen LogP contribution in [0.4, 0.5) is 5.69 Å². The second-order valence-corrected chi connectivity index (χ2v) is 4.79. The molecular formula is C15H15N3O3. The molecule has 0 fully saturated rings. The Kier molecular flexibility index (Phi) is 3.35. The highest BCUT2D eigenvalue weighted by molar-refractivity contribution is 6.01. The molecule has 1 unspecified atom stereocenters. The van der Waals surface area contributed by atoms with E-state index in [0.29, 0.717) is 23.7 Å². The lowest BCUT2D eigenvalue weighted by atomic mass is 10.2. The van der Waals surface area contributed by atoms with E-state index in [1.807, 2.05) is 0 Å². The maximum Gasteiger partial charge on any atom is 0.268 e. The van der Waals surface area contributed by atoms with E-state index in [9.17, 15) is 9.59 Å². The Balaban J connectivity index is 1.73. The van der Waals surface area contributed by atoms with E-state index in [0.717, 1.165) is 0 Å². The Morgan fingerprint density at radius 1 is 1.38 bits per heavy atom. The zero-order valence-corrected chi connectivity index (χ0v) is 11.5. The highest BCUT2D eigenvalue weighted by Crippen LogP contribution is 2.17. The summed E-state index contributed by atoms with van der Waals surface area (Å²) in [4.78, 5) is 24.1. The molecule has 1 aliphatic rings. The minimum atomic E-state index is -0.594. The van der Waals surface area contributed by atoms with Crippen LogP contribution in [0.5, 0.6) is 5.75 Å². The van der Waals surface area contributed by atoms with E-state index in [4.69, 9.17) is 4.74 Å². The summed E-state index contributed by atoms with van der Waals surface area (Å²) in [6.45, 7) is 0.421. The standard InChI is InChI=1S/C15H15N3O3/c1-21-11-5-2-4-10(8-11)16-14(19)12-9-18-7-3-6-13(18)15(20)17-12/h2-8,12H,9H2,1H3,(H,16,19)(H,17,20). The van der Waals surface area contributed by atoms with Crippen molar-refractivity contribution >= 4 is 17.5 Å². The number of carbonyl (C=O) groups excluding carboxylic acids is 2. The summed E-state index contributed by atoms with van der Waals surface area (Å²) in [7, 11) is 1.57. The molecule has 1 aromatic carbocycles. The molecule has 21 heavy (non-hydrogen) atoms. The average molecular weight is 285 g/mol. The fourth-order valence-electron chi connectivity index (χ4n) is 2.33. The van der Waals surface area contributed by atoms with Crippen molar-refractivity contribution in [3.63, 3.8) is 0 Å². The Morgan fingerprint density at radius 3 is 3.05 bits per heavy atom. The smallest absolute Gasteiger partial charge is 0.268 e. The normalized spacial score (nSPS) is 16.8. The van der Waals surface area contributed by atoms with Crippen LogP contribution in [0.2, 0.25) is 0 Å². The lowest BCUT2D eigenvalue weighted by Crippen LogP contribution is -2.50. The second kappa shape index (κ2) is 5.32. The van der Waals surface area contributed by atoms with E-state index < -0.39 is 6.04 Å². The molecule has 2 aromatic rings. The number of rotatable bonds is 3. The second-order valence-electron chi connectivity index (χ2n) is 4.79. The Bertz CT molecular complexity index is 693. The molecule has 3 rings (SSSR count). The third-order valence-electron chi connectivity index (χ3n) is 3.40. The van der Waals surface area contributed by atoms with E-state index in [1.165, 1.54) is 0 Å². The minimum absolute atomic E-state index is 0.239. The summed E-state index contributed by atoms with van der Waals surface area (Å²) in [5.74, 6) is 0.168. The van der Waals surface area contributed by atoms with Gasteiger partial charge in [0.2, 0.25) is 5.91 Å². The molecule has 0 spiro atoms. The number of fused-ring (bicyclic) bond motifs is 1. The first-order chi connectivity index (χ1) is 10.2. The summed E-state index contributed by atoms with van der Waals surface area (Å²) < 4.78 is 6.88. The third kappa shape index (κ3) is 2.60. The van der Waals surface area contributed by atoms with Gasteiger partial charge in [-0.1, -0.05) is 6.07 Å². The van der Waals surface area contributed by atoms with Crippen molar-refractivity contribution in [3.8, 4) is 5.75 Å². The van der Waals surface area contributed by atoms with Gasteiger partial charge in [0.15, 0.2) is 0 Å². The van der Waals surface area contributed by atoms with Gasteiger partial charge >= 0.3 is 0 Å². The molecule has 0 aliphatic carbocycles. The first-order valence-corrected chi connectivity index (χ1v) is 6.58. The van der Waals surface area contributed by atoms with Gasteiger partial charge in [0.05, 0.1) is 13.7 Å². The van der Waals surface area contributed by atoms with E-state index in [2.05, 4.69) is 10.6 Å². The summed E-state index contributed by atoms with van der Waals surface area (Å²) in [6.07, 6.45) is 1.79. The Morgan fingerprint density at radius 2 is 2.24 bits per heavy atom. The van der Waals surface area contributed by atoms with Crippen molar-refractivity contribution < 1.29 is 14.3 Å². The summed E-state index contributed by atoms with van der Waals surface area (Å²) in [5, 5.41) is 5.49. The van der Waals surface area contributed by atoms with Crippen molar-refractivity contribution in [2.45, 2.75) is 12.6 Å². The van der Waals surface area contributed by atoms with Gasteiger partial charge in [0, 0.05) is 18.0 Å².